The fraction of sp³-hybridized carbons (Fsp3) is 0.154. The van der Waals surface area contributed by atoms with Crippen LogP contribution in [0.25, 0.3) is 0 Å². The third kappa shape index (κ3) is 3.36. The van der Waals surface area contributed by atoms with E-state index in [2.05, 4.69) is 30.9 Å². The zero-order chi connectivity index (χ0) is 14.6. The molecule has 0 radical (unpaired) electrons. The van der Waals surface area contributed by atoms with E-state index in [1.165, 1.54) is 6.07 Å². The van der Waals surface area contributed by atoms with Crippen LogP contribution in [0.1, 0.15) is 11.3 Å². The minimum Gasteiger partial charge on any atom is -0.456 e. The van der Waals surface area contributed by atoms with Gasteiger partial charge in [0, 0.05) is 0 Å². The van der Waals surface area contributed by atoms with Gasteiger partial charge in [0.05, 0.1) is 0 Å². The van der Waals surface area contributed by atoms with Crippen LogP contribution in [0.15, 0.2) is 47.1 Å². The van der Waals surface area contributed by atoms with Gasteiger partial charge >= 0.3 is 11.9 Å². The molecule has 0 bridgehead atoms. The van der Waals surface area contributed by atoms with Crippen molar-refractivity contribution in [1.82, 2.24) is 10.2 Å². The molecule has 1 heterocycles. The average molecular weight is 343 g/mol. The molecule has 2 aromatic rings. The Bertz CT molecular complexity index is 591. The van der Waals surface area contributed by atoms with Crippen molar-refractivity contribution >= 4 is 21.9 Å². The molecule has 104 valence electrons. The molecular formula is C13H9BrF2N2O2. The van der Waals surface area contributed by atoms with Crippen molar-refractivity contribution in [3.63, 3.8) is 0 Å². The Morgan fingerprint density at radius 3 is 2.45 bits per heavy atom. The molecule has 0 saturated carbocycles. The van der Waals surface area contributed by atoms with Gasteiger partial charge in [-0.3, -0.25) is 0 Å². The van der Waals surface area contributed by atoms with Gasteiger partial charge in [-0.15, -0.1) is 10.2 Å². The number of rotatable bonds is 4. The molecule has 7 heteroatoms. The molecule has 0 aliphatic carbocycles. The Morgan fingerprint density at radius 2 is 1.85 bits per heavy atom. The first-order chi connectivity index (χ1) is 9.50. The first kappa shape index (κ1) is 14.5. The van der Waals surface area contributed by atoms with Crippen molar-refractivity contribution in [3.8, 4) is 0 Å². The molecule has 1 aromatic heterocycles. The number of ether oxygens (including phenoxy) is 1. The average Bonchev–Trinajstić information content (AvgIpc) is 2.46. The second kappa shape index (κ2) is 6.04. The Kier molecular flexibility index (Phi) is 4.39. The minimum absolute atomic E-state index is 0.223. The van der Waals surface area contributed by atoms with Crippen LogP contribution in [-0.4, -0.2) is 16.2 Å². The van der Waals surface area contributed by atoms with Crippen molar-refractivity contribution in [3.05, 3.63) is 58.3 Å². The second-order valence-corrected chi connectivity index (χ2v) is 4.69. The summed E-state index contributed by atoms with van der Waals surface area (Å²) in [6.07, 6.45) is 0. The number of benzene rings is 1. The number of carbonyl (C=O) groups excluding carboxylic acids is 1. The summed E-state index contributed by atoms with van der Waals surface area (Å²) in [7, 11) is 0. The number of carbonyl (C=O) groups is 1. The first-order valence-electron chi connectivity index (χ1n) is 5.59. The maximum Gasteiger partial charge on any atom is 0.386 e. The van der Waals surface area contributed by atoms with Gasteiger partial charge in [-0.25, -0.2) is 4.79 Å². The smallest absolute Gasteiger partial charge is 0.386 e. The number of aromatic nitrogens is 2. The lowest BCUT2D eigenvalue weighted by atomic mass is 10.2. The maximum absolute atomic E-state index is 13.8. The Morgan fingerprint density at radius 1 is 1.15 bits per heavy atom. The minimum atomic E-state index is -3.83. The molecule has 0 aliphatic rings. The molecule has 4 nitrogen and oxygen atoms in total. The van der Waals surface area contributed by atoms with Crippen molar-refractivity contribution in [2.45, 2.75) is 12.5 Å². The molecule has 0 spiro atoms. The molecule has 1 aromatic carbocycles. The third-order valence-electron chi connectivity index (χ3n) is 2.42. The highest BCUT2D eigenvalue weighted by atomic mass is 79.9. The van der Waals surface area contributed by atoms with Gasteiger partial charge in [-0.1, -0.05) is 30.3 Å². The van der Waals surface area contributed by atoms with Gasteiger partial charge in [0.15, 0.2) is 0 Å². The predicted molar refractivity (Wildman–Crippen MR) is 69.9 cm³/mol. The lowest BCUT2D eigenvalue weighted by Gasteiger charge is -2.14. The quantitative estimate of drug-likeness (QED) is 0.801. The summed E-state index contributed by atoms with van der Waals surface area (Å²) >= 11 is 2.98. The maximum atomic E-state index is 13.8. The van der Waals surface area contributed by atoms with Gasteiger partial charge in [-0.05, 0) is 33.6 Å². The van der Waals surface area contributed by atoms with Crippen LogP contribution in [0.5, 0.6) is 0 Å². The van der Waals surface area contributed by atoms with Crippen molar-refractivity contribution in [2.75, 3.05) is 0 Å². The summed E-state index contributed by atoms with van der Waals surface area (Å²) in [5.74, 6) is -5.49. The topological polar surface area (TPSA) is 52.1 Å². The zero-order valence-electron chi connectivity index (χ0n) is 10.1. The SMILES string of the molecule is O=C(OCc1ccccc1)C(F)(F)c1ccc(Br)nn1. The summed E-state index contributed by atoms with van der Waals surface area (Å²) in [6.45, 7) is -0.223. The van der Waals surface area contributed by atoms with Gasteiger partial charge in [0.2, 0.25) is 0 Å². The molecule has 0 amide bonds. The Balaban J connectivity index is 2.05. The molecule has 0 unspecified atom stereocenters. The highest BCUT2D eigenvalue weighted by Crippen LogP contribution is 2.28. The van der Waals surface area contributed by atoms with Gasteiger partial charge in [-0.2, -0.15) is 8.78 Å². The first-order valence-corrected chi connectivity index (χ1v) is 6.38. The fourth-order valence-electron chi connectivity index (χ4n) is 1.40. The van der Waals surface area contributed by atoms with E-state index >= 15 is 0 Å². The summed E-state index contributed by atoms with van der Waals surface area (Å²) < 4.78 is 32.5. The number of hydrogen-bond acceptors (Lipinski definition) is 4. The van der Waals surface area contributed by atoms with Crippen LogP contribution in [0, 0.1) is 0 Å². The predicted octanol–water partition coefficient (Wildman–Crippen LogP) is 3.07. The fourth-order valence-corrected chi connectivity index (χ4v) is 1.61. The highest BCUT2D eigenvalue weighted by molar-refractivity contribution is 9.10. The standard InChI is InChI=1S/C13H9BrF2N2O2/c14-11-7-6-10(17-18-11)13(15,16)12(19)20-8-9-4-2-1-3-5-9/h1-7H,8H2. The van der Waals surface area contributed by atoms with E-state index in [0.29, 0.717) is 10.2 Å². The molecular weight excluding hydrogens is 334 g/mol. The molecule has 0 aliphatic heterocycles. The van der Waals surface area contributed by atoms with Crippen molar-refractivity contribution < 1.29 is 18.3 Å². The van der Waals surface area contributed by atoms with Crippen LogP contribution in [0.4, 0.5) is 8.78 Å². The van der Waals surface area contributed by atoms with Gasteiger partial charge in [0.1, 0.15) is 16.9 Å². The molecule has 0 saturated heterocycles. The van der Waals surface area contributed by atoms with E-state index < -0.39 is 17.6 Å². The normalized spacial score (nSPS) is 11.2. The molecule has 20 heavy (non-hydrogen) atoms. The summed E-state index contributed by atoms with van der Waals surface area (Å²) in [5, 5.41) is 6.70. The van der Waals surface area contributed by atoms with Gasteiger partial charge in [0.25, 0.3) is 0 Å². The number of esters is 1. The molecule has 0 fully saturated rings. The van der Waals surface area contributed by atoms with E-state index in [1.807, 2.05) is 0 Å². The number of nitrogens with zero attached hydrogens (tertiary/aromatic N) is 2. The largest absolute Gasteiger partial charge is 0.456 e. The molecule has 2 rings (SSSR count). The van der Waals surface area contributed by atoms with E-state index in [9.17, 15) is 13.6 Å². The van der Waals surface area contributed by atoms with E-state index in [0.717, 1.165) is 6.07 Å². The Labute approximate surface area is 121 Å². The molecule has 0 N–H and O–H groups in total. The van der Waals surface area contributed by atoms with Crippen LogP contribution >= 0.6 is 15.9 Å². The monoisotopic (exact) mass is 342 g/mol. The Hall–Kier alpha value is -1.89. The highest BCUT2D eigenvalue weighted by Gasteiger charge is 2.44. The van der Waals surface area contributed by atoms with Crippen molar-refractivity contribution in [1.29, 1.82) is 0 Å². The number of halogens is 3. The lowest BCUT2D eigenvalue weighted by Crippen LogP contribution is -2.29. The third-order valence-corrected chi connectivity index (χ3v) is 2.85. The summed E-state index contributed by atoms with van der Waals surface area (Å²) in [4.78, 5) is 11.5. The molecule has 0 atom stereocenters. The van der Waals surface area contributed by atoms with Gasteiger partial charge < -0.3 is 4.74 Å². The van der Waals surface area contributed by atoms with Crippen LogP contribution in [0.3, 0.4) is 0 Å². The number of hydrogen-bond donors (Lipinski definition) is 0. The number of alkyl halides is 2. The van der Waals surface area contributed by atoms with Crippen molar-refractivity contribution in [2.24, 2.45) is 0 Å². The van der Waals surface area contributed by atoms with Crippen LogP contribution < -0.4 is 0 Å². The second-order valence-electron chi connectivity index (χ2n) is 3.88. The lowest BCUT2D eigenvalue weighted by molar-refractivity contribution is -0.175. The van der Waals surface area contributed by atoms with E-state index in [4.69, 9.17) is 0 Å². The van der Waals surface area contributed by atoms with E-state index in [-0.39, 0.29) is 6.61 Å². The summed E-state index contributed by atoms with van der Waals surface area (Å²) in [6, 6.07) is 10.9. The van der Waals surface area contributed by atoms with Crippen LogP contribution in [-0.2, 0) is 22.1 Å². The zero-order valence-corrected chi connectivity index (χ0v) is 11.7. The van der Waals surface area contributed by atoms with E-state index in [1.54, 1.807) is 30.3 Å². The van der Waals surface area contributed by atoms with Crippen LogP contribution in [0.2, 0.25) is 0 Å². The summed E-state index contributed by atoms with van der Waals surface area (Å²) in [5.41, 5.74) is -0.127.